The van der Waals surface area contributed by atoms with Gasteiger partial charge in [-0.05, 0) is 56.4 Å². The predicted molar refractivity (Wildman–Crippen MR) is 93.5 cm³/mol. The first-order chi connectivity index (χ1) is 11.1. The Hall–Kier alpha value is -1.22. The van der Waals surface area contributed by atoms with Crippen molar-refractivity contribution >= 4 is 11.9 Å². The van der Waals surface area contributed by atoms with Gasteiger partial charge < -0.3 is 9.47 Å². The fourth-order valence-electron chi connectivity index (χ4n) is 2.20. The second kappa shape index (κ2) is 11.4. The summed E-state index contributed by atoms with van der Waals surface area (Å²) >= 11 is 0. The van der Waals surface area contributed by atoms with E-state index in [2.05, 4.69) is 0 Å². The zero-order valence-electron chi connectivity index (χ0n) is 16.4. The Bertz CT molecular complexity index is 334. The van der Waals surface area contributed by atoms with E-state index in [1.165, 1.54) is 0 Å². The number of likely N-dealkylation sites (N-methyl/N-ethyl adjacent to an activating group) is 4. The molecule has 0 heterocycles. The zero-order chi connectivity index (χ0) is 18.9. The lowest BCUT2D eigenvalue weighted by atomic mass is 10.3. The highest BCUT2D eigenvalue weighted by Crippen LogP contribution is 2.03. The molecule has 0 saturated heterocycles. The van der Waals surface area contributed by atoms with Crippen molar-refractivity contribution in [2.24, 2.45) is 0 Å². The Morgan fingerprint density at radius 1 is 0.625 bits per heavy atom. The minimum atomic E-state index is -0.391. The number of rotatable bonds is 11. The van der Waals surface area contributed by atoms with Gasteiger partial charge in [-0.15, -0.1) is 0 Å². The van der Waals surface area contributed by atoms with Gasteiger partial charge in [-0.3, -0.25) is 29.2 Å². The smallest absolute Gasteiger partial charge is 0.306 e. The highest BCUT2D eigenvalue weighted by molar-refractivity contribution is 5.77. The van der Waals surface area contributed by atoms with E-state index in [1.807, 2.05) is 76.0 Å². The topological polar surface area (TPSA) is 65.6 Å². The number of hydrogen-bond acceptors (Lipinski definition) is 8. The summed E-state index contributed by atoms with van der Waals surface area (Å²) in [5.41, 5.74) is 0. The normalized spacial score (nSPS) is 12.1. The van der Waals surface area contributed by atoms with E-state index in [0.29, 0.717) is 0 Å². The fraction of sp³-hybridized carbons (Fsp3) is 0.875. The summed E-state index contributed by atoms with van der Waals surface area (Å²) in [6, 6.07) is 0. The molecular formula is C16H34N4O4. The summed E-state index contributed by atoms with van der Waals surface area (Å²) in [5.74, 6) is -0.783. The summed E-state index contributed by atoms with van der Waals surface area (Å²) in [4.78, 5) is 31.4. The van der Waals surface area contributed by atoms with Crippen molar-refractivity contribution in [3.8, 4) is 0 Å². The van der Waals surface area contributed by atoms with Crippen LogP contribution in [0.1, 0.15) is 12.8 Å². The van der Waals surface area contributed by atoms with Crippen molar-refractivity contribution in [3.05, 3.63) is 0 Å². The summed E-state index contributed by atoms with van der Waals surface area (Å²) in [6.45, 7) is 0.522. The third-order valence-electron chi connectivity index (χ3n) is 3.70. The summed E-state index contributed by atoms with van der Waals surface area (Å²) in [6.07, 6.45) is 0.0610. The lowest BCUT2D eigenvalue weighted by Gasteiger charge is -2.30. The molecule has 0 unspecified atom stereocenters. The molecule has 0 bridgehead atoms. The van der Waals surface area contributed by atoms with Crippen molar-refractivity contribution in [3.63, 3.8) is 0 Å². The third-order valence-corrected chi connectivity index (χ3v) is 3.70. The van der Waals surface area contributed by atoms with Gasteiger partial charge in [0.2, 0.25) is 0 Å². The van der Waals surface area contributed by atoms with Gasteiger partial charge in [0.1, 0.15) is 13.2 Å². The molecule has 0 aliphatic rings. The summed E-state index contributed by atoms with van der Waals surface area (Å²) < 4.78 is 10.5. The maximum Gasteiger partial charge on any atom is 0.306 e. The van der Waals surface area contributed by atoms with Crippen molar-refractivity contribution < 1.29 is 19.1 Å². The van der Waals surface area contributed by atoms with Gasteiger partial charge in [-0.25, -0.2) is 0 Å². The SMILES string of the molecule is CN(C)C(COC(=O)CCC(=O)OCC(N(C)C)N(C)C)N(C)C. The zero-order valence-corrected chi connectivity index (χ0v) is 16.4. The molecule has 0 atom stereocenters. The van der Waals surface area contributed by atoms with Crippen LogP contribution in [0.25, 0.3) is 0 Å². The van der Waals surface area contributed by atoms with E-state index in [-0.39, 0.29) is 38.4 Å². The van der Waals surface area contributed by atoms with Crippen molar-refractivity contribution in [1.29, 1.82) is 0 Å². The van der Waals surface area contributed by atoms with Gasteiger partial charge in [-0.1, -0.05) is 0 Å². The minimum absolute atomic E-state index is 0.00171. The van der Waals surface area contributed by atoms with Crippen LogP contribution in [0.2, 0.25) is 0 Å². The molecule has 8 heteroatoms. The highest BCUT2D eigenvalue weighted by atomic mass is 16.5. The monoisotopic (exact) mass is 346 g/mol. The summed E-state index contributed by atoms with van der Waals surface area (Å²) in [7, 11) is 15.3. The molecule has 0 aromatic rings. The van der Waals surface area contributed by atoms with E-state index in [1.54, 1.807) is 0 Å². The molecule has 0 radical (unpaired) electrons. The lowest BCUT2D eigenvalue weighted by molar-refractivity contribution is -0.153. The summed E-state index contributed by atoms with van der Waals surface area (Å²) in [5, 5.41) is 0. The molecule has 0 aromatic carbocycles. The Kier molecular flexibility index (Phi) is 10.8. The second-order valence-corrected chi connectivity index (χ2v) is 6.68. The largest absolute Gasteiger partial charge is 0.463 e. The van der Waals surface area contributed by atoms with Crippen LogP contribution in [-0.2, 0) is 19.1 Å². The maximum atomic E-state index is 11.8. The molecule has 24 heavy (non-hydrogen) atoms. The van der Waals surface area contributed by atoms with Crippen LogP contribution in [0.3, 0.4) is 0 Å². The highest BCUT2D eigenvalue weighted by Gasteiger charge is 2.19. The Morgan fingerprint density at radius 2 is 0.875 bits per heavy atom. The van der Waals surface area contributed by atoms with Crippen LogP contribution in [0.4, 0.5) is 0 Å². The van der Waals surface area contributed by atoms with Crippen LogP contribution in [0.15, 0.2) is 0 Å². The molecule has 0 aliphatic carbocycles. The molecule has 0 amide bonds. The van der Waals surface area contributed by atoms with Gasteiger partial charge in [0.15, 0.2) is 0 Å². The van der Waals surface area contributed by atoms with E-state index < -0.39 is 11.9 Å². The first-order valence-electron chi connectivity index (χ1n) is 8.03. The number of hydrogen-bond donors (Lipinski definition) is 0. The van der Waals surface area contributed by atoms with Crippen LogP contribution in [-0.4, -0.2) is 113 Å². The first kappa shape index (κ1) is 22.8. The standard InChI is InChI=1S/C16H34N4O4/c1-17(2)13(18(3)4)11-23-15(21)9-10-16(22)24-12-14(19(5)6)20(7)8/h13-14H,9-12H2,1-8H3. The van der Waals surface area contributed by atoms with E-state index in [0.717, 1.165) is 0 Å². The molecular weight excluding hydrogens is 312 g/mol. The van der Waals surface area contributed by atoms with Crippen LogP contribution >= 0.6 is 0 Å². The van der Waals surface area contributed by atoms with Crippen LogP contribution in [0, 0.1) is 0 Å². The van der Waals surface area contributed by atoms with E-state index in [4.69, 9.17) is 9.47 Å². The second-order valence-electron chi connectivity index (χ2n) is 6.68. The molecule has 0 N–H and O–H groups in total. The lowest BCUT2D eigenvalue weighted by Crippen LogP contribution is -2.44. The van der Waals surface area contributed by atoms with Gasteiger partial charge in [0, 0.05) is 0 Å². The number of carbonyl (C=O) groups is 2. The fourth-order valence-corrected chi connectivity index (χ4v) is 2.20. The van der Waals surface area contributed by atoms with Crippen molar-refractivity contribution in [2.75, 3.05) is 69.6 Å². The molecule has 8 nitrogen and oxygen atoms in total. The number of esters is 2. The van der Waals surface area contributed by atoms with Crippen LogP contribution < -0.4 is 0 Å². The van der Waals surface area contributed by atoms with Crippen LogP contribution in [0.5, 0.6) is 0 Å². The first-order valence-corrected chi connectivity index (χ1v) is 8.03. The molecule has 0 aromatic heterocycles. The Morgan fingerprint density at radius 3 is 1.08 bits per heavy atom. The molecule has 0 spiro atoms. The van der Waals surface area contributed by atoms with Crippen molar-refractivity contribution in [1.82, 2.24) is 19.6 Å². The molecule has 0 saturated carbocycles. The molecule has 0 aliphatic heterocycles. The van der Waals surface area contributed by atoms with Gasteiger partial charge in [0.05, 0.1) is 25.2 Å². The Balaban J connectivity index is 4.12. The number of nitrogens with zero attached hydrogens (tertiary/aromatic N) is 4. The van der Waals surface area contributed by atoms with Crippen molar-refractivity contribution in [2.45, 2.75) is 25.2 Å². The third kappa shape index (κ3) is 9.17. The van der Waals surface area contributed by atoms with Gasteiger partial charge in [0.25, 0.3) is 0 Å². The average Bonchev–Trinajstić information content (AvgIpc) is 2.43. The maximum absolute atomic E-state index is 11.8. The van der Waals surface area contributed by atoms with Gasteiger partial charge >= 0.3 is 11.9 Å². The van der Waals surface area contributed by atoms with Gasteiger partial charge in [-0.2, -0.15) is 0 Å². The minimum Gasteiger partial charge on any atom is -0.463 e. The van der Waals surface area contributed by atoms with E-state index >= 15 is 0 Å². The Labute approximate surface area is 146 Å². The average molecular weight is 346 g/mol. The molecule has 0 fully saturated rings. The molecule has 142 valence electrons. The number of ether oxygens (including phenoxy) is 2. The number of carbonyl (C=O) groups excluding carboxylic acids is 2. The van der Waals surface area contributed by atoms with E-state index in [9.17, 15) is 9.59 Å². The predicted octanol–water partition coefficient (Wildman–Crippen LogP) is -0.248. The molecule has 0 rings (SSSR count). The quantitative estimate of drug-likeness (QED) is 0.375.